The second-order valence-corrected chi connectivity index (χ2v) is 8.39. The molecule has 4 aliphatic carbocycles. The molecule has 5 heteroatoms. The second kappa shape index (κ2) is 5.25. The highest BCUT2D eigenvalue weighted by Crippen LogP contribution is 2.61. The highest BCUT2D eigenvalue weighted by molar-refractivity contribution is 5.88. The fraction of sp³-hybridized carbons (Fsp3) is 0.778. The van der Waals surface area contributed by atoms with Crippen molar-refractivity contribution in [2.24, 2.45) is 30.2 Å². The summed E-state index contributed by atoms with van der Waals surface area (Å²) in [5, 5.41) is 10.4. The number of carbonyl (C=O) groups excluding carboxylic acids is 1. The van der Waals surface area contributed by atoms with E-state index in [1.807, 2.05) is 20.0 Å². The van der Waals surface area contributed by atoms with Gasteiger partial charge in [-0.15, -0.1) is 0 Å². The van der Waals surface area contributed by atoms with E-state index in [-0.39, 0.29) is 12.1 Å². The third-order valence-corrected chi connectivity index (χ3v) is 6.60. The molecule has 4 saturated carbocycles. The fourth-order valence-corrected chi connectivity index (χ4v) is 5.94. The van der Waals surface area contributed by atoms with Crippen LogP contribution < -0.4 is 10.6 Å². The molecule has 0 saturated heterocycles. The third kappa shape index (κ3) is 2.64. The molecule has 5 rings (SSSR count). The number of aryl methyl sites for hydroxylation is 2. The molecule has 2 N–H and O–H groups in total. The van der Waals surface area contributed by atoms with Gasteiger partial charge in [0.1, 0.15) is 5.82 Å². The first kappa shape index (κ1) is 15.0. The Morgan fingerprint density at radius 2 is 1.83 bits per heavy atom. The van der Waals surface area contributed by atoms with Crippen LogP contribution in [0.5, 0.6) is 0 Å². The Kier molecular flexibility index (Phi) is 3.43. The summed E-state index contributed by atoms with van der Waals surface area (Å²) in [4.78, 5) is 12.4. The summed E-state index contributed by atoms with van der Waals surface area (Å²) in [5.41, 5.74) is 1.26. The standard InChI is InChI=1S/C18H28N4O/c1-11-4-16(22(3)21-11)20-17(23)19-12(2)18-8-13-5-14(9-18)7-15(6-13)10-18/h4,12-15H,5-10H2,1-3H3,(H2,19,20,23)/t12-,13?,14?,15?,18?/m0/s1. The van der Waals surface area contributed by atoms with E-state index in [9.17, 15) is 4.79 Å². The third-order valence-electron chi connectivity index (χ3n) is 6.60. The number of rotatable bonds is 3. The minimum atomic E-state index is -0.101. The minimum Gasteiger partial charge on any atom is -0.335 e. The van der Waals surface area contributed by atoms with Gasteiger partial charge in [0.25, 0.3) is 0 Å². The smallest absolute Gasteiger partial charge is 0.320 e. The van der Waals surface area contributed by atoms with Gasteiger partial charge in [0.05, 0.1) is 5.69 Å². The van der Waals surface area contributed by atoms with Crippen molar-refractivity contribution in [3.63, 3.8) is 0 Å². The van der Waals surface area contributed by atoms with Crippen LogP contribution in [0.3, 0.4) is 0 Å². The van der Waals surface area contributed by atoms with Crippen LogP contribution in [-0.4, -0.2) is 21.9 Å². The maximum atomic E-state index is 12.4. The Morgan fingerprint density at radius 3 is 2.30 bits per heavy atom. The molecular weight excluding hydrogens is 288 g/mol. The van der Waals surface area contributed by atoms with Crippen LogP contribution in [0.4, 0.5) is 10.6 Å². The van der Waals surface area contributed by atoms with Crippen LogP contribution in [-0.2, 0) is 7.05 Å². The lowest BCUT2D eigenvalue weighted by molar-refractivity contribution is -0.0680. The average molecular weight is 316 g/mol. The SMILES string of the molecule is Cc1cc(NC(=O)N[C@@H](C)C23CC4CC(CC(C4)C2)C3)n(C)n1. The summed E-state index contributed by atoms with van der Waals surface area (Å²) >= 11 is 0. The summed E-state index contributed by atoms with van der Waals surface area (Å²) in [5.74, 6) is 3.48. The maximum Gasteiger partial charge on any atom is 0.320 e. The van der Waals surface area contributed by atoms with Crippen LogP contribution >= 0.6 is 0 Å². The fourth-order valence-electron chi connectivity index (χ4n) is 5.94. The first-order valence-electron chi connectivity index (χ1n) is 9.02. The van der Waals surface area contributed by atoms with Gasteiger partial charge in [0.15, 0.2) is 0 Å². The second-order valence-electron chi connectivity index (χ2n) is 8.39. The lowest BCUT2D eigenvalue weighted by atomic mass is 9.48. The molecule has 5 nitrogen and oxygen atoms in total. The van der Waals surface area contributed by atoms with Crippen LogP contribution in [0.1, 0.15) is 51.1 Å². The molecule has 0 aromatic carbocycles. The zero-order valence-electron chi connectivity index (χ0n) is 14.4. The summed E-state index contributed by atoms with van der Waals surface area (Å²) in [6, 6.07) is 2.04. The molecule has 0 spiro atoms. The molecule has 1 atom stereocenters. The van der Waals surface area contributed by atoms with Crippen LogP contribution in [0.25, 0.3) is 0 Å². The maximum absolute atomic E-state index is 12.4. The topological polar surface area (TPSA) is 59.0 Å². The zero-order valence-corrected chi connectivity index (χ0v) is 14.4. The number of nitrogens with one attached hydrogen (secondary N) is 2. The van der Waals surface area contributed by atoms with Gasteiger partial charge in [-0.05, 0) is 75.5 Å². The van der Waals surface area contributed by atoms with E-state index in [0.29, 0.717) is 5.41 Å². The first-order chi connectivity index (χ1) is 10.9. The molecular formula is C18H28N4O. The summed E-state index contributed by atoms with van der Waals surface area (Å²) in [7, 11) is 1.85. The van der Waals surface area contributed by atoms with Crippen molar-refractivity contribution < 1.29 is 4.79 Å². The molecule has 0 aliphatic heterocycles. The van der Waals surface area contributed by atoms with E-state index in [2.05, 4.69) is 22.7 Å². The van der Waals surface area contributed by atoms with Gasteiger partial charge >= 0.3 is 6.03 Å². The van der Waals surface area contributed by atoms with E-state index in [4.69, 9.17) is 0 Å². The number of carbonyl (C=O) groups is 1. The Balaban J connectivity index is 1.42. The average Bonchev–Trinajstić information content (AvgIpc) is 2.75. The molecule has 1 aromatic rings. The van der Waals surface area contributed by atoms with Crippen molar-refractivity contribution >= 4 is 11.8 Å². The molecule has 4 bridgehead atoms. The molecule has 0 radical (unpaired) electrons. The lowest BCUT2D eigenvalue weighted by Crippen LogP contribution is -2.56. The van der Waals surface area contributed by atoms with E-state index >= 15 is 0 Å². The van der Waals surface area contributed by atoms with Crippen LogP contribution in [0, 0.1) is 30.1 Å². The number of nitrogens with zero attached hydrogens (tertiary/aromatic N) is 2. The minimum absolute atomic E-state index is 0.101. The van der Waals surface area contributed by atoms with Gasteiger partial charge in [-0.2, -0.15) is 5.10 Å². The molecule has 2 amide bonds. The van der Waals surface area contributed by atoms with Crippen LogP contribution in [0.2, 0.25) is 0 Å². The number of hydrogen-bond donors (Lipinski definition) is 2. The summed E-state index contributed by atoms with van der Waals surface area (Å²) in [6.45, 7) is 4.14. The quantitative estimate of drug-likeness (QED) is 0.897. The van der Waals surface area contributed by atoms with Crippen molar-refractivity contribution in [3.05, 3.63) is 11.8 Å². The van der Waals surface area contributed by atoms with Gasteiger partial charge in [-0.1, -0.05) is 0 Å². The number of anilines is 1. The van der Waals surface area contributed by atoms with Crippen molar-refractivity contribution in [1.29, 1.82) is 0 Å². The first-order valence-corrected chi connectivity index (χ1v) is 9.02. The van der Waals surface area contributed by atoms with E-state index < -0.39 is 0 Å². The monoisotopic (exact) mass is 316 g/mol. The largest absolute Gasteiger partial charge is 0.335 e. The highest BCUT2D eigenvalue weighted by Gasteiger charge is 2.53. The van der Waals surface area contributed by atoms with Gasteiger partial charge < -0.3 is 5.32 Å². The Hall–Kier alpha value is -1.52. The lowest BCUT2D eigenvalue weighted by Gasteiger charge is -2.59. The van der Waals surface area contributed by atoms with Crippen molar-refractivity contribution in [2.45, 2.75) is 58.4 Å². The molecule has 4 aliphatic rings. The van der Waals surface area contributed by atoms with Crippen molar-refractivity contribution in [1.82, 2.24) is 15.1 Å². The van der Waals surface area contributed by atoms with Crippen LogP contribution in [0.15, 0.2) is 6.07 Å². The molecule has 1 aromatic heterocycles. The van der Waals surface area contributed by atoms with Crippen molar-refractivity contribution in [2.75, 3.05) is 5.32 Å². The normalized spacial score (nSPS) is 36.0. The van der Waals surface area contributed by atoms with Gasteiger partial charge in [-0.25, -0.2) is 4.79 Å². The van der Waals surface area contributed by atoms with Gasteiger partial charge in [-0.3, -0.25) is 10.00 Å². The molecule has 1 heterocycles. The van der Waals surface area contributed by atoms with Crippen molar-refractivity contribution in [3.8, 4) is 0 Å². The van der Waals surface area contributed by atoms with E-state index in [1.54, 1.807) is 4.68 Å². The Labute approximate surface area is 138 Å². The molecule has 23 heavy (non-hydrogen) atoms. The molecule has 4 fully saturated rings. The number of amides is 2. The number of aromatic nitrogens is 2. The number of hydrogen-bond acceptors (Lipinski definition) is 2. The highest BCUT2D eigenvalue weighted by atomic mass is 16.2. The molecule has 0 unspecified atom stereocenters. The van der Waals surface area contributed by atoms with Gasteiger partial charge in [0, 0.05) is 19.2 Å². The predicted molar refractivity (Wildman–Crippen MR) is 90.2 cm³/mol. The molecule has 126 valence electrons. The van der Waals surface area contributed by atoms with Gasteiger partial charge in [0.2, 0.25) is 0 Å². The number of urea groups is 1. The van der Waals surface area contributed by atoms with E-state index in [1.165, 1.54) is 38.5 Å². The Morgan fingerprint density at radius 1 is 1.26 bits per heavy atom. The van der Waals surface area contributed by atoms with E-state index in [0.717, 1.165) is 29.3 Å². The predicted octanol–water partition coefficient (Wildman–Crippen LogP) is 3.45. The Bertz CT molecular complexity index is 585. The summed E-state index contributed by atoms with van der Waals surface area (Å²) in [6.07, 6.45) is 8.24. The summed E-state index contributed by atoms with van der Waals surface area (Å²) < 4.78 is 1.71. The zero-order chi connectivity index (χ0) is 16.2.